The van der Waals surface area contributed by atoms with Crippen LogP contribution in [-0.2, 0) is 6.54 Å². The van der Waals surface area contributed by atoms with Gasteiger partial charge in [-0.15, -0.1) is 0 Å². The van der Waals surface area contributed by atoms with E-state index < -0.39 is 16.3 Å². The molecule has 0 unspecified atom stereocenters. The fourth-order valence-electron chi connectivity index (χ4n) is 3.07. The number of hydrogen-bond donors (Lipinski definition) is 0. The van der Waals surface area contributed by atoms with Crippen LogP contribution < -0.4 is 10.2 Å². The molecule has 0 bridgehead atoms. The van der Waals surface area contributed by atoms with Crippen LogP contribution in [0.15, 0.2) is 62.9 Å². The van der Waals surface area contributed by atoms with Gasteiger partial charge in [0, 0.05) is 18.7 Å². The molecule has 1 amide bonds. The van der Waals surface area contributed by atoms with Gasteiger partial charge < -0.3 is 8.98 Å². The molecule has 0 radical (unpaired) electrons. The first-order chi connectivity index (χ1) is 14.0. The average molecular weight is 409 g/mol. The number of fused-ring (bicyclic) bond motifs is 2. The lowest BCUT2D eigenvalue weighted by molar-refractivity contribution is -0.384. The lowest BCUT2D eigenvalue weighted by Crippen LogP contribution is -2.20. The van der Waals surface area contributed by atoms with Crippen molar-refractivity contribution in [1.29, 1.82) is 0 Å². The summed E-state index contributed by atoms with van der Waals surface area (Å²) in [7, 11) is 0. The van der Waals surface area contributed by atoms with Gasteiger partial charge in [0.2, 0.25) is 5.43 Å². The summed E-state index contributed by atoms with van der Waals surface area (Å²) in [6.07, 6.45) is 1.90. The predicted molar refractivity (Wildman–Crippen MR) is 109 cm³/mol. The molecule has 8 nitrogen and oxygen atoms in total. The molecule has 4 aromatic rings. The maximum absolute atomic E-state index is 12.7. The highest BCUT2D eigenvalue weighted by atomic mass is 32.1. The predicted octanol–water partition coefficient (Wildman–Crippen LogP) is 3.87. The number of nitro benzene ring substituents is 1. The van der Waals surface area contributed by atoms with Crippen LogP contribution in [0.25, 0.3) is 21.2 Å². The maximum Gasteiger partial charge on any atom is 0.286 e. The van der Waals surface area contributed by atoms with Gasteiger partial charge in [-0.3, -0.25) is 19.7 Å². The second-order valence-electron chi connectivity index (χ2n) is 6.34. The van der Waals surface area contributed by atoms with E-state index in [2.05, 4.69) is 4.99 Å². The van der Waals surface area contributed by atoms with E-state index in [1.807, 2.05) is 11.5 Å². The zero-order valence-electron chi connectivity index (χ0n) is 15.3. The number of aryl methyl sites for hydroxylation is 1. The molecule has 2 aromatic carbocycles. The molecule has 0 aliphatic rings. The van der Waals surface area contributed by atoms with E-state index in [1.54, 1.807) is 30.3 Å². The minimum atomic E-state index is -0.713. The van der Waals surface area contributed by atoms with Crippen LogP contribution in [0.3, 0.4) is 0 Å². The van der Waals surface area contributed by atoms with Gasteiger partial charge in [0.05, 0.1) is 20.5 Å². The summed E-state index contributed by atoms with van der Waals surface area (Å²) >= 11 is 1.17. The van der Waals surface area contributed by atoms with Crippen molar-refractivity contribution in [2.24, 2.45) is 4.99 Å². The Morgan fingerprint density at radius 3 is 2.83 bits per heavy atom. The van der Waals surface area contributed by atoms with Crippen molar-refractivity contribution in [3.63, 3.8) is 0 Å². The monoisotopic (exact) mass is 409 g/mol. The molecule has 0 fully saturated rings. The Hall–Kier alpha value is -3.59. The van der Waals surface area contributed by atoms with Crippen molar-refractivity contribution in [2.75, 3.05) is 0 Å². The Balaban J connectivity index is 1.88. The smallest absolute Gasteiger partial charge is 0.286 e. The molecule has 0 spiro atoms. The zero-order chi connectivity index (χ0) is 20.5. The molecular weight excluding hydrogens is 394 g/mol. The quantitative estimate of drug-likeness (QED) is 0.376. The van der Waals surface area contributed by atoms with Crippen molar-refractivity contribution in [3.8, 4) is 0 Å². The van der Waals surface area contributed by atoms with Crippen molar-refractivity contribution >= 4 is 44.1 Å². The summed E-state index contributed by atoms with van der Waals surface area (Å²) in [6.45, 7) is 2.56. The third-order valence-corrected chi connectivity index (χ3v) is 5.47. The van der Waals surface area contributed by atoms with Crippen LogP contribution in [0.5, 0.6) is 0 Å². The first kappa shape index (κ1) is 18.8. The second kappa shape index (κ2) is 7.44. The van der Waals surface area contributed by atoms with Gasteiger partial charge in [-0.2, -0.15) is 4.99 Å². The molecule has 2 heterocycles. The average Bonchev–Trinajstić information content (AvgIpc) is 3.05. The Morgan fingerprint density at radius 1 is 1.28 bits per heavy atom. The number of non-ortho nitro benzene ring substituents is 1. The van der Waals surface area contributed by atoms with Gasteiger partial charge in [0.1, 0.15) is 17.4 Å². The van der Waals surface area contributed by atoms with E-state index in [4.69, 9.17) is 4.42 Å². The van der Waals surface area contributed by atoms with Crippen LogP contribution >= 0.6 is 11.3 Å². The Morgan fingerprint density at radius 2 is 2.07 bits per heavy atom. The van der Waals surface area contributed by atoms with Crippen LogP contribution in [0.1, 0.15) is 23.7 Å². The zero-order valence-corrected chi connectivity index (χ0v) is 16.1. The molecule has 146 valence electrons. The molecule has 9 heteroatoms. The first-order valence-corrected chi connectivity index (χ1v) is 9.68. The number of para-hydroxylation sites is 1. The third kappa shape index (κ3) is 3.36. The van der Waals surface area contributed by atoms with Gasteiger partial charge in [0.25, 0.3) is 11.6 Å². The molecule has 4 rings (SSSR count). The molecule has 29 heavy (non-hydrogen) atoms. The summed E-state index contributed by atoms with van der Waals surface area (Å²) in [5.41, 5.74) is 0.508. The minimum absolute atomic E-state index is 0.0320. The fraction of sp³-hybridized carbons (Fsp3) is 0.150. The number of amides is 1. The topological polar surface area (TPSA) is 108 Å². The molecule has 2 aromatic heterocycles. The van der Waals surface area contributed by atoms with Crippen LogP contribution in [0, 0.1) is 10.1 Å². The Labute approximate surface area is 167 Å². The number of nitrogens with zero attached hydrogens (tertiary/aromatic N) is 3. The molecule has 0 aliphatic carbocycles. The first-order valence-electron chi connectivity index (χ1n) is 8.87. The number of hydrogen-bond acceptors (Lipinski definition) is 6. The second-order valence-corrected chi connectivity index (χ2v) is 7.35. The van der Waals surface area contributed by atoms with E-state index >= 15 is 0 Å². The summed E-state index contributed by atoms with van der Waals surface area (Å²) in [5, 5.41) is 11.4. The maximum atomic E-state index is 12.7. The molecule has 0 saturated heterocycles. The molecule has 0 saturated carbocycles. The summed E-state index contributed by atoms with van der Waals surface area (Å²) < 4.78 is 7.87. The van der Waals surface area contributed by atoms with E-state index in [9.17, 15) is 19.7 Å². The molecule has 0 aliphatic heterocycles. The molecule has 0 N–H and O–H groups in total. The number of aromatic nitrogens is 1. The number of carbonyl (C=O) groups is 1. The summed E-state index contributed by atoms with van der Waals surface area (Å²) in [5.74, 6) is -0.713. The lowest BCUT2D eigenvalue weighted by Gasteiger charge is -2.02. The van der Waals surface area contributed by atoms with Crippen molar-refractivity contribution < 1.29 is 14.1 Å². The van der Waals surface area contributed by atoms with Crippen molar-refractivity contribution in [3.05, 3.63) is 79.4 Å². The van der Waals surface area contributed by atoms with Crippen LogP contribution in [0.2, 0.25) is 0 Å². The van der Waals surface area contributed by atoms with E-state index in [1.165, 1.54) is 23.5 Å². The van der Waals surface area contributed by atoms with Gasteiger partial charge in [-0.1, -0.05) is 30.4 Å². The number of carbonyl (C=O) groups excluding carboxylic acids is 1. The number of thiazole rings is 1. The molecule has 0 atom stereocenters. The van der Waals surface area contributed by atoms with E-state index in [0.717, 1.165) is 18.2 Å². The van der Waals surface area contributed by atoms with E-state index in [-0.39, 0.29) is 11.3 Å². The highest BCUT2D eigenvalue weighted by Gasteiger charge is 2.16. The highest BCUT2D eigenvalue weighted by Crippen LogP contribution is 2.23. The Kier molecular flexibility index (Phi) is 4.81. The van der Waals surface area contributed by atoms with Crippen LogP contribution in [-0.4, -0.2) is 15.4 Å². The standard InChI is InChI=1S/C20H15N3O5S/c1-2-9-22-15-8-7-12(23(26)27)10-17(15)29-20(22)21-19(25)14-11-28-16-6-4-3-5-13(16)18(14)24/h3-8,10-11H,2,9H2,1H3. The summed E-state index contributed by atoms with van der Waals surface area (Å²) in [4.78, 5) is 40.5. The number of benzene rings is 2. The van der Waals surface area contributed by atoms with Gasteiger partial charge in [-0.25, -0.2) is 0 Å². The van der Waals surface area contributed by atoms with E-state index in [0.29, 0.717) is 27.0 Å². The fourth-order valence-corrected chi connectivity index (χ4v) is 4.16. The normalized spacial score (nSPS) is 12.0. The highest BCUT2D eigenvalue weighted by molar-refractivity contribution is 7.16. The number of rotatable bonds is 4. The van der Waals surface area contributed by atoms with Gasteiger partial charge in [0.15, 0.2) is 4.80 Å². The van der Waals surface area contributed by atoms with Gasteiger partial charge in [-0.05, 0) is 24.6 Å². The van der Waals surface area contributed by atoms with Crippen molar-refractivity contribution in [2.45, 2.75) is 19.9 Å². The third-order valence-electron chi connectivity index (χ3n) is 4.43. The number of nitro groups is 1. The van der Waals surface area contributed by atoms with Gasteiger partial charge >= 0.3 is 0 Å². The Bertz CT molecular complexity index is 1400. The largest absolute Gasteiger partial charge is 0.463 e. The minimum Gasteiger partial charge on any atom is -0.463 e. The SMILES string of the molecule is CCCn1c(=NC(=O)c2coc3ccccc3c2=O)sc2cc([N+](=O)[O-])ccc21. The lowest BCUT2D eigenvalue weighted by atomic mass is 10.2. The summed E-state index contributed by atoms with van der Waals surface area (Å²) in [6, 6.07) is 11.2. The van der Waals surface area contributed by atoms with Crippen molar-refractivity contribution in [1.82, 2.24) is 4.57 Å². The van der Waals surface area contributed by atoms with Crippen LogP contribution in [0.4, 0.5) is 5.69 Å². The molecular formula is C20H15N3O5S.